The number of ketones is 2. The van der Waals surface area contributed by atoms with Crippen LogP contribution in [0.25, 0.3) is 0 Å². The van der Waals surface area contributed by atoms with Gasteiger partial charge in [-0.2, -0.15) is 0 Å². The van der Waals surface area contributed by atoms with Crippen LogP contribution in [0.4, 0.5) is 0 Å². The van der Waals surface area contributed by atoms with Gasteiger partial charge in [0.05, 0.1) is 12.5 Å². The molecule has 4 nitrogen and oxygen atoms in total. The molecular weight excluding hydrogens is 256 g/mol. The Labute approximate surface area is 119 Å². The van der Waals surface area contributed by atoms with Crippen molar-refractivity contribution in [3.8, 4) is 0 Å². The first-order valence-electron chi connectivity index (χ1n) is 6.77. The van der Waals surface area contributed by atoms with Gasteiger partial charge in [-0.05, 0) is 19.4 Å². The molecule has 0 aliphatic heterocycles. The van der Waals surface area contributed by atoms with Crippen molar-refractivity contribution < 1.29 is 19.1 Å². The molecule has 0 bridgehead atoms. The average Bonchev–Trinajstić information content (AvgIpc) is 2.44. The lowest BCUT2D eigenvalue weighted by Gasteiger charge is -2.22. The van der Waals surface area contributed by atoms with E-state index in [1.165, 1.54) is 6.92 Å². The first-order valence-corrected chi connectivity index (χ1v) is 6.77. The van der Waals surface area contributed by atoms with Gasteiger partial charge in [0.2, 0.25) is 0 Å². The molecule has 1 aromatic rings. The maximum atomic E-state index is 12.2. The number of carbonyl (C=O) groups excluding carboxylic acids is 3. The zero-order valence-corrected chi connectivity index (χ0v) is 12.1. The number of benzene rings is 1. The summed E-state index contributed by atoms with van der Waals surface area (Å²) in [6, 6.07) is 8.91. The smallest absolute Gasteiger partial charge is 0.317 e. The van der Waals surface area contributed by atoms with Crippen LogP contribution in [0.1, 0.15) is 38.7 Å². The summed E-state index contributed by atoms with van der Waals surface area (Å²) >= 11 is 0. The van der Waals surface area contributed by atoms with Gasteiger partial charge in [-0.1, -0.05) is 37.3 Å². The number of ether oxygens (including phenoxy) is 1. The Kier molecular flexibility index (Phi) is 6.10. The van der Waals surface area contributed by atoms with Crippen LogP contribution in [0.3, 0.4) is 0 Å². The highest BCUT2D eigenvalue weighted by atomic mass is 16.5. The molecule has 0 radical (unpaired) electrons. The lowest BCUT2D eigenvalue weighted by atomic mass is 9.80. The van der Waals surface area contributed by atoms with Crippen LogP contribution in [0.2, 0.25) is 0 Å². The average molecular weight is 276 g/mol. The number of Topliss-reactive ketones (excluding diaryl/α,β-unsaturated/α-hetero) is 2. The van der Waals surface area contributed by atoms with Crippen molar-refractivity contribution in [2.75, 3.05) is 6.61 Å². The number of hydrogen-bond acceptors (Lipinski definition) is 4. The third-order valence-corrected chi connectivity index (χ3v) is 3.17. The molecule has 0 amide bonds. The normalized spacial score (nSPS) is 13.3. The summed E-state index contributed by atoms with van der Waals surface area (Å²) in [5.41, 5.74) is 0.674. The molecule has 0 aromatic heterocycles. The fourth-order valence-corrected chi connectivity index (χ4v) is 2.21. The van der Waals surface area contributed by atoms with E-state index >= 15 is 0 Å². The SMILES string of the molecule is CCOC(=O)C(C(C)=O)C(C(=O)CC)c1ccccc1. The van der Waals surface area contributed by atoms with Crippen molar-refractivity contribution in [2.45, 2.75) is 33.1 Å². The van der Waals surface area contributed by atoms with Crippen molar-refractivity contribution >= 4 is 17.5 Å². The minimum absolute atomic E-state index is 0.135. The maximum Gasteiger partial charge on any atom is 0.317 e. The summed E-state index contributed by atoms with van der Waals surface area (Å²) in [5, 5.41) is 0. The highest BCUT2D eigenvalue weighted by Gasteiger charge is 2.38. The maximum absolute atomic E-state index is 12.2. The topological polar surface area (TPSA) is 60.4 Å². The lowest BCUT2D eigenvalue weighted by Crippen LogP contribution is -2.34. The molecule has 0 heterocycles. The molecule has 0 saturated heterocycles. The van der Waals surface area contributed by atoms with Gasteiger partial charge >= 0.3 is 5.97 Å². The second kappa shape index (κ2) is 7.58. The van der Waals surface area contributed by atoms with Crippen molar-refractivity contribution in [1.82, 2.24) is 0 Å². The van der Waals surface area contributed by atoms with Crippen LogP contribution in [-0.4, -0.2) is 24.1 Å². The van der Waals surface area contributed by atoms with Crippen molar-refractivity contribution in [2.24, 2.45) is 5.92 Å². The van der Waals surface area contributed by atoms with E-state index in [1.54, 1.807) is 38.1 Å². The van der Waals surface area contributed by atoms with Gasteiger partial charge in [0, 0.05) is 6.42 Å². The number of hydrogen-bond donors (Lipinski definition) is 0. The first kappa shape index (κ1) is 16.1. The van der Waals surface area contributed by atoms with E-state index in [0.29, 0.717) is 5.56 Å². The largest absolute Gasteiger partial charge is 0.465 e. The lowest BCUT2D eigenvalue weighted by molar-refractivity contribution is -0.154. The molecule has 108 valence electrons. The van der Waals surface area contributed by atoms with Crippen molar-refractivity contribution in [3.05, 3.63) is 35.9 Å². The van der Waals surface area contributed by atoms with E-state index in [4.69, 9.17) is 4.74 Å². The highest BCUT2D eigenvalue weighted by molar-refractivity contribution is 6.04. The fraction of sp³-hybridized carbons (Fsp3) is 0.438. The van der Waals surface area contributed by atoms with Gasteiger partial charge in [0.15, 0.2) is 0 Å². The molecule has 0 saturated carbocycles. The second-order valence-corrected chi connectivity index (χ2v) is 4.55. The quantitative estimate of drug-likeness (QED) is 0.567. The van der Waals surface area contributed by atoms with E-state index in [-0.39, 0.29) is 24.6 Å². The van der Waals surface area contributed by atoms with Gasteiger partial charge in [0.1, 0.15) is 17.5 Å². The zero-order valence-electron chi connectivity index (χ0n) is 12.1. The standard InChI is InChI=1S/C16H20O4/c1-4-13(18)15(12-9-7-6-8-10-12)14(11(3)17)16(19)20-5-2/h6-10,14-15H,4-5H2,1-3H3. The van der Waals surface area contributed by atoms with Crippen LogP contribution >= 0.6 is 0 Å². The van der Waals surface area contributed by atoms with E-state index in [1.807, 2.05) is 6.07 Å². The van der Waals surface area contributed by atoms with Gasteiger partial charge in [-0.25, -0.2) is 0 Å². The fourth-order valence-electron chi connectivity index (χ4n) is 2.21. The van der Waals surface area contributed by atoms with Crippen LogP contribution in [-0.2, 0) is 19.1 Å². The summed E-state index contributed by atoms with van der Waals surface area (Å²) in [4.78, 5) is 36.1. The number of rotatable bonds is 7. The van der Waals surface area contributed by atoms with Gasteiger partial charge in [0.25, 0.3) is 0 Å². The molecule has 1 rings (SSSR count). The third kappa shape index (κ3) is 3.76. The molecule has 2 atom stereocenters. The van der Waals surface area contributed by atoms with Gasteiger partial charge in [-0.15, -0.1) is 0 Å². The summed E-state index contributed by atoms with van der Waals surface area (Å²) in [7, 11) is 0. The molecule has 0 fully saturated rings. The Morgan fingerprint density at radius 1 is 1.10 bits per heavy atom. The second-order valence-electron chi connectivity index (χ2n) is 4.55. The molecule has 4 heteroatoms. The zero-order chi connectivity index (χ0) is 15.1. The molecule has 0 aliphatic carbocycles. The Hall–Kier alpha value is -1.97. The molecular formula is C16H20O4. The van der Waals surface area contributed by atoms with Crippen LogP contribution in [0.5, 0.6) is 0 Å². The Morgan fingerprint density at radius 2 is 1.70 bits per heavy atom. The highest BCUT2D eigenvalue weighted by Crippen LogP contribution is 2.29. The Bertz CT molecular complexity index is 479. The molecule has 2 unspecified atom stereocenters. The van der Waals surface area contributed by atoms with Crippen LogP contribution in [0.15, 0.2) is 30.3 Å². The van der Waals surface area contributed by atoms with Crippen LogP contribution < -0.4 is 0 Å². The van der Waals surface area contributed by atoms with Crippen molar-refractivity contribution in [3.63, 3.8) is 0 Å². The number of esters is 1. The Balaban J connectivity index is 3.23. The molecule has 0 aliphatic rings. The minimum Gasteiger partial charge on any atom is -0.465 e. The van der Waals surface area contributed by atoms with E-state index < -0.39 is 17.8 Å². The van der Waals surface area contributed by atoms with Crippen molar-refractivity contribution in [1.29, 1.82) is 0 Å². The van der Waals surface area contributed by atoms with Crippen LogP contribution in [0, 0.1) is 5.92 Å². The Morgan fingerprint density at radius 3 is 2.15 bits per heavy atom. The van der Waals surface area contributed by atoms with E-state index in [9.17, 15) is 14.4 Å². The third-order valence-electron chi connectivity index (χ3n) is 3.17. The van der Waals surface area contributed by atoms with E-state index in [2.05, 4.69) is 0 Å². The predicted octanol–water partition coefficient (Wildman–Crippen LogP) is 2.52. The predicted molar refractivity (Wildman–Crippen MR) is 75.3 cm³/mol. The molecule has 1 aromatic carbocycles. The summed E-state index contributed by atoms with van der Waals surface area (Å²) in [5.74, 6) is -2.94. The summed E-state index contributed by atoms with van der Waals surface area (Å²) in [6.45, 7) is 4.90. The monoisotopic (exact) mass is 276 g/mol. The summed E-state index contributed by atoms with van der Waals surface area (Å²) in [6.07, 6.45) is 0.267. The minimum atomic E-state index is -1.07. The molecule has 0 N–H and O–H groups in total. The molecule has 20 heavy (non-hydrogen) atoms. The summed E-state index contributed by atoms with van der Waals surface area (Å²) < 4.78 is 4.95. The molecule has 0 spiro atoms. The first-order chi connectivity index (χ1) is 9.52. The number of carbonyl (C=O) groups is 3. The van der Waals surface area contributed by atoms with Gasteiger partial charge in [-0.3, -0.25) is 14.4 Å². The van der Waals surface area contributed by atoms with E-state index in [0.717, 1.165) is 0 Å². The van der Waals surface area contributed by atoms with Gasteiger partial charge < -0.3 is 4.74 Å².